The topological polar surface area (TPSA) is 62.2 Å². The molecule has 0 unspecified atom stereocenters. The predicted molar refractivity (Wildman–Crippen MR) is 126 cm³/mol. The highest BCUT2D eigenvalue weighted by Gasteiger charge is 2.36. The smallest absolute Gasteiger partial charge is 0.237 e. The van der Waals surface area contributed by atoms with Crippen LogP contribution in [-0.2, 0) is 16.0 Å². The van der Waals surface area contributed by atoms with Crippen LogP contribution >= 0.6 is 11.3 Å². The Kier molecular flexibility index (Phi) is 7.84. The number of rotatable bonds is 11. The monoisotopic (exact) mass is 458 g/mol. The summed E-state index contributed by atoms with van der Waals surface area (Å²) in [7, 11) is 0. The summed E-state index contributed by atoms with van der Waals surface area (Å²) in [5.74, 6) is 0.939. The third-order valence-corrected chi connectivity index (χ3v) is 7.17. The molecule has 2 aliphatic rings. The highest BCUT2D eigenvalue weighted by molar-refractivity contribution is 7.10. The fourth-order valence-electron chi connectivity index (χ4n) is 4.38. The Bertz CT molecular complexity index is 898. The molecule has 2 aromatic rings. The highest BCUT2D eigenvalue weighted by Crippen LogP contribution is 2.35. The van der Waals surface area contributed by atoms with Gasteiger partial charge in [0.1, 0.15) is 12.4 Å². The number of hydrogen-bond acceptors (Lipinski definition) is 6. The van der Waals surface area contributed by atoms with Gasteiger partial charge in [0.05, 0.1) is 25.3 Å². The summed E-state index contributed by atoms with van der Waals surface area (Å²) in [6.45, 7) is 6.80. The van der Waals surface area contributed by atoms with Gasteiger partial charge in [0.2, 0.25) is 5.91 Å². The zero-order valence-corrected chi connectivity index (χ0v) is 19.9. The maximum Gasteiger partial charge on any atom is 0.237 e. The lowest BCUT2D eigenvalue weighted by Crippen LogP contribution is -2.48. The number of aryl methyl sites for hydroxylation is 1. The van der Waals surface area contributed by atoms with Crippen molar-refractivity contribution in [3.05, 3.63) is 51.7 Å². The number of aliphatic hydroxyl groups is 1. The third-order valence-electron chi connectivity index (χ3n) is 6.17. The first-order chi connectivity index (χ1) is 15.5. The molecule has 1 aliphatic heterocycles. The van der Waals surface area contributed by atoms with Crippen LogP contribution in [0.15, 0.2) is 35.7 Å². The number of fused-ring (bicyclic) bond motifs is 1. The van der Waals surface area contributed by atoms with Crippen LogP contribution in [0.5, 0.6) is 5.75 Å². The van der Waals surface area contributed by atoms with Crippen LogP contribution in [0.4, 0.5) is 0 Å². The molecule has 2 heterocycles. The molecule has 0 bridgehead atoms. The Morgan fingerprint density at radius 3 is 2.94 bits per heavy atom. The number of carbonyl (C=O) groups excluding carboxylic acids is 1. The van der Waals surface area contributed by atoms with Gasteiger partial charge in [-0.1, -0.05) is 12.1 Å². The van der Waals surface area contributed by atoms with Crippen molar-refractivity contribution in [3.8, 4) is 5.75 Å². The maximum atomic E-state index is 13.5. The Balaban J connectivity index is 1.44. The number of thiophene rings is 1. The average Bonchev–Trinajstić information content (AvgIpc) is 3.52. The van der Waals surface area contributed by atoms with Gasteiger partial charge >= 0.3 is 0 Å². The van der Waals surface area contributed by atoms with Crippen molar-refractivity contribution >= 4 is 17.2 Å². The van der Waals surface area contributed by atoms with Crippen molar-refractivity contribution < 1.29 is 19.4 Å². The van der Waals surface area contributed by atoms with Gasteiger partial charge in [-0.3, -0.25) is 9.69 Å². The van der Waals surface area contributed by atoms with Gasteiger partial charge in [0.25, 0.3) is 0 Å². The first kappa shape index (κ1) is 23.2. The summed E-state index contributed by atoms with van der Waals surface area (Å²) >= 11 is 1.76. The van der Waals surface area contributed by atoms with E-state index in [-0.39, 0.29) is 11.9 Å². The predicted octanol–water partition coefficient (Wildman–Crippen LogP) is 3.42. The van der Waals surface area contributed by atoms with E-state index in [4.69, 9.17) is 9.47 Å². The van der Waals surface area contributed by atoms with Crippen molar-refractivity contribution in [1.29, 1.82) is 0 Å². The molecule has 1 N–H and O–H groups in total. The van der Waals surface area contributed by atoms with Gasteiger partial charge < -0.3 is 19.5 Å². The number of nitrogens with zero attached hydrogens (tertiary/aromatic N) is 2. The minimum Gasteiger partial charge on any atom is -0.491 e. The fourth-order valence-corrected chi connectivity index (χ4v) is 5.31. The van der Waals surface area contributed by atoms with Gasteiger partial charge in [-0.15, -0.1) is 11.3 Å². The SMILES string of the molecule is CCOC[C@@H](O)CN(CC(=O)N1CCc2sccc2[C@H]1COc1cccc(C)c1)C1CC1. The number of aliphatic hydroxyl groups excluding tert-OH is 1. The van der Waals surface area contributed by atoms with Crippen LogP contribution in [0, 0.1) is 6.92 Å². The van der Waals surface area contributed by atoms with Crippen LogP contribution in [0.25, 0.3) is 0 Å². The van der Waals surface area contributed by atoms with Gasteiger partial charge in [0.15, 0.2) is 0 Å². The second kappa shape index (κ2) is 10.8. The van der Waals surface area contributed by atoms with E-state index in [0.29, 0.717) is 45.5 Å². The van der Waals surface area contributed by atoms with Gasteiger partial charge in [-0.05, 0) is 67.8 Å². The van der Waals surface area contributed by atoms with Crippen LogP contribution in [0.3, 0.4) is 0 Å². The van der Waals surface area contributed by atoms with E-state index in [1.807, 2.05) is 43.0 Å². The molecule has 1 aliphatic carbocycles. The molecule has 4 rings (SSSR count). The summed E-state index contributed by atoms with van der Waals surface area (Å²) in [4.78, 5) is 18.9. The minimum absolute atomic E-state index is 0.0904. The Morgan fingerprint density at radius 1 is 1.34 bits per heavy atom. The standard InChI is InChI=1S/C25H34N2O4S/c1-3-30-16-20(28)14-26(19-7-8-19)15-25(29)27-11-9-24-22(10-12-32-24)23(27)17-31-21-6-4-5-18(2)13-21/h4-6,10,12-13,19-20,23,28H,3,7-9,11,14-17H2,1-2H3/t20-,23+/m0/s1. The van der Waals surface area contributed by atoms with Crippen LogP contribution in [0.2, 0.25) is 0 Å². The number of hydrogen-bond donors (Lipinski definition) is 1. The van der Waals surface area contributed by atoms with E-state index < -0.39 is 6.10 Å². The number of amides is 1. The van der Waals surface area contributed by atoms with E-state index in [0.717, 1.165) is 30.6 Å². The molecule has 0 saturated heterocycles. The lowest BCUT2D eigenvalue weighted by molar-refractivity contribution is -0.136. The molecule has 1 saturated carbocycles. The lowest BCUT2D eigenvalue weighted by Gasteiger charge is -2.37. The first-order valence-electron chi connectivity index (χ1n) is 11.6. The van der Waals surface area contributed by atoms with Crippen LogP contribution < -0.4 is 4.74 Å². The normalized spacial score (nSPS) is 19.1. The largest absolute Gasteiger partial charge is 0.491 e. The Hall–Kier alpha value is -1.93. The molecule has 1 fully saturated rings. The van der Waals surface area contributed by atoms with Crippen LogP contribution in [-0.4, -0.2) is 72.4 Å². The first-order valence-corrected chi connectivity index (χ1v) is 12.5. The zero-order valence-electron chi connectivity index (χ0n) is 19.0. The second-order valence-corrected chi connectivity index (χ2v) is 9.75. The van der Waals surface area contributed by atoms with E-state index in [9.17, 15) is 9.90 Å². The number of carbonyl (C=O) groups is 1. The number of ether oxygens (including phenoxy) is 2. The van der Waals surface area contributed by atoms with E-state index in [2.05, 4.69) is 16.3 Å². The molecule has 1 aromatic heterocycles. The van der Waals surface area contributed by atoms with Crippen molar-refractivity contribution in [2.45, 2.75) is 51.3 Å². The Morgan fingerprint density at radius 2 is 2.19 bits per heavy atom. The summed E-state index contributed by atoms with van der Waals surface area (Å²) in [5.41, 5.74) is 2.36. The lowest BCUT2D eigenvalue weighted by atomic mass is 10.0. The molecular formula is C25H34N2O4S. The molecule has 0 radical (unpaired) electrons. The molecule has 2 atom stereocenters. The van der Waals surface area contributed by atoms with Crippen LogP contribution in [0.1, 0.15) is 41.8 Å². The Labute approximate surface area is 194 Å². The summed E-state index contributed by atoms with van der Waals surface area (Å²) in [6.07, 6.45) is 2.48. The van der Waals surface area contributed by atoms with E-state index in [1.54, 1.807) is 11.3 Å². The molecular weight excluding hydrogens is 424 g/mol. The molecule has 0 spiro atoms. The molecule has 32 heavy (non-hydrogen) atoms. The average molecular weight is 459 g/mol. The van der Waals surface area contributed by atoms with Gasteiger partial charge in [0, 0.05) is 30.6 Å². The molecule has 7 heteroatoms. The molecule has 1 amide bonds. The third kappa shape index (κ3) is 5.90. The maximum absolute atomic E-state index is 13.5. The molecule has 174 valence electrons. The van der Waals surface area contributed by atoms with Crippen molar-refractivity contribution in [1.82, 2.24) is 9.80 Å². The minimum atomic E-state index is -0.575. The van der Waals surface area contributed by atoms with Crippen molar-refractivity contribution in [3.63, 3.8) is 0 Å². The fraction of sp³-hybridized carbons (Fsp3) is 0.560. The van der Waals surface area contributed by atoms with E-state index >= 15 is 0 Å². The molecule has 6 nitrogen and oxygen atoms in total. The summed E-state index contributed by atoms with van der Waals surface area (Å²) in [5, 5.41) is 12.4. The second-order valence-electron chi connectivity index (χ2n) is 8.75. The highest BCUT2D eigenvalue weighted by atomic mass is 32.1. The summed E-state index contributed by atoms with van der Waals surface area (Å²) < 4.78 is 11.5. The number of benzene rings is 1. The van der Waals surface area contributed by atoms with E-state index in [1.165, 1.54) is 10.4 Å². The van der Waals surface area contributed by atoms with Gasteiger partial charge in [-0.25, -0.2) is 0 Å². The van der Waals surface area contributed by atoms with Crippen molar-refractivity contribution in [2.24, 2.45) is 0 Å². The summed E-state index contributed by atoms with van der Waals surface area (Å²) in [6, 6.07) is 10.5. The van der Waals surface area contributed by atoms with Crippen molar-refractivity contribution in [2.75, 3.05) is 39.5 Å². The van der Waals surface area contributed by atoms with Gasteiger partial charge in [-0.2, -0.15) is 0 Å². The zero-order chi connectivity index (χ0) is 22.5. The quantitative estimate of drug-likeness (QED) is 0.559. The molecule has 1 aromatic carbocycles.